The normalized spacial score (nSPS) is 11.5. The summed E-state index contributed by atoms with van der Waals surface area (Å²) in [5.41, 5.74) is -0.0316. The SMILES string of the molecule is CCn1cc(C(=O)N(C)C(C)(C)C)c2cc(OC)c(OC)cc2c1=O. The standard InChI is InChI=1S/C19H26N2O4/c1-8-21-11-14(17(22)20(5)19(2,3)4)12-9-15(24-6)16(25-7)10-13(12)18(21)23/h9-11H,8H2,1-7H3. The molecule has 25 heavy (non-hydrogen) atoms. The number of aryl methyl sites for hydroxylation is 1. The molecule has 0 radical (unpaired) electrons. The van der Waals surface area contributed by atoms with Gasteiger partial charge in [0.05, 0.1) is 25.2 Å². The van der Waals surface area contributed by atoms with Crippen LogP contribution in [0.4, 0.5) is 0 Å². The van der Waals surface area contributed by atoms with E-state index in [4.69, 9.17) is 9.47 Å². The fraction of sp³-hybridized carbons (Fsp3) is 0.474. The minimum atomic E-state index is -0.340. The first-order valence-corrected chi connectivity index (χ1v) is 8.23. The third-order valence-electron chi connectivity index (χ3n) is 4.47. The lowest BCUT2D eigenvalue weighted by Crippen LogP contribution is -2.43. The summed E-state index contributed by atoms with van der Waals surface area (Å²) < 4.78 is 12.2. The molecule has 0 bridgehead atoms. The molecular formula is C19H26N2O4. The van der Waals surface area contributed by atoms with Gasteiger partial charge in [0.15, 0.2) is 11.5 Å². The molecule has 0 aliphatic heterocycles. The van der Waals surface area contributed by atoms with Gasteiger partial charge in [-0.3, -0.25) is 9.59 Å². The van der Waals surface area contributed by atoms with Crippen LogP contribution in [-0.2, 0) is 6.54 Å². The molecule has 0 aliphatic rings. The van der Waals surface area contributed by atoms with Crippen molar-refractivity contribution in [2.75, 3.05) is 21.3 Å². The molecule has 2 aromatic rings. The van der Waals surface area contributed by atoms with Gasteiger partial charge in [-0.2, -0.15) is 0 Å². The largest absolute Gasteiger partial charge is 0.493 e. The summed E-state index contributed by atoms with van der Waals surface area (Å²) in [5.74, 6) is 0.798. The van der Waals surface area contributed by atoms with Crippen LogP contribution in [0.5, 0.6) is 11.5 Å². The molecule has 0 atom stereocenters. The summed E-state index contributed by atoms with van der Waals surface area (Å²) in [6.45, 7) is 8.24. The van der Waals surface area contributed by atoms with Crippen LogP contribution in [0.2, 0.25) is 0 Å². The van der Waals surface area contributed by atoms with Crippen molar-refractivity contribution < 1.29 is 14.3 Å². The molecule has 1 aromatic heterocycles. The fourth-order valence-corrected chi connectivity index (χ4v) is 2.61. The van der Waals surface area contributed by atoms with E-state index in [0.29, 0.717) is 34.4 Å². The number of benzene rings is 1. The predicted octanol–water partition coefficient (Wildman–Crippen LogP) is 2.91. The minimum absolute atomic E-state index is 0.146. The van der Waals surface area contributed by atoms with Gasteiger partial charge in [-0.25, -0.2) is 0 Å². The third-order valence-corrected chi connectivity index (χ3v) is 4.47. The second kappa shape index (κ2) is 6.78. The van der Waals surface area contributed by atoms with Gasteiger partial charge in [0, 0.05) is 30.7 Å². The van der Waals surface area contributed by atoms with E-state index in [1.807, 2.05) is 27.7 Å². The van der Waals surface area contributed by atoms with Gasteiger partial charge >= 0.3 is 0 Å². The summed E-state index contributed by atoms with van der Waals surface area (Å²) in [6, 6.07) is 3.33. The highest BCUT2D eigenvalue weighted by Gasteiger charge is 2.26. The molecule has 0 saturated carbocycles. The van der Waals surface area contributed by atoms with E-state index in [-0.39, 0.29) is 17.0 Å². The summed E-state index contributed by atoms with van der Waals surface area (Å²) >= 11 is 0. The molecule has 1 amide bonds. The van der Waals surface area contributed by atoms with Crippen molar-refractivity contribution in [3.8, 4) is 11.5 Å². The number of pyridine rings is 1. The third kappa shape index (κ3) is 3.34. The van der Waals surface area contributed by atoms with Crippen molar-refractivity contribution in [2.45, 2.75) is 39.8 Å². The molecule has 136 valence electrons. The first kappa shape index (κ1) is 18.8. The van der Waals surface area contributed by atoms with Gasteiger partial charge in [-0.15, -0.1) is 0 Å². The van der Waals surface area contributed by atoms with E-state index in [0.717, 1.165) is 0 Å². The number of carbonyl (C=O) groups is 1. The molecule has 1 heterocycles. The number of hydrogen-bond donors (Lipinski definition) is 0. The highest BCUT2D eigenvalue weighted by Crippen LogP contribution is 2.33. The lowest BCUT2D eigenvalue weighted by atomic mass is 10.0. The van der Waals surface area contributed by atoms with Crippen molar-refractivity contribution in [1.29, 1.82) is 0 Å². The van der Waals surface area contributed by atoms with Crippen molar-refractivity contribution in [3.63, 3.8) is 0 Å². The highest BCUT2D eigenvalue weighted by molar-refractivity contribution is 6.07. The number of amides is 1. The van der Waals surface area contributed by atoms with Crippen LogP contribution in [0.25, 0.3) is 10.8 Å². The zero-order valence-corrected chi connectivity index (χ0v) is 16.0. The molecule has 0 N–H and O–H groups in total. The zero-order chi connectivity index (χ0) is 18.9. The Morgan fingerprint density at radius 2 is 1.64 bits per heavy atom. The van der Waals surface area contributed by atoms with Gasteiger partial charge in [0.2, 0.25) is 0 Å². The fourth-order valence-electron chi connectivity index (χ4n) is 2.61. The Bertz CT molecular complexity index is 862. The van der Waals surface area contributed by atoms with Crippen molar-refractivity contribution >= 4 is 16.7 Å². The maximum Gasteiger partial charge on any atom is 0.258 e. The van der Waals surface area contributed by atoms with Gasteiger partial charge < -0.3 is 18.9 Å². The zero-order valence-electron chi connectivity index (χ0n) is 16.0. The lowest BCUT2D eigenvalue weighted by Gasteiger charge is -2.32. The van der Waals surface area contributed by atoms with Gasteiger partial charge in [0.1, 0.15) is 0 Å². The Hall–Kier alpha value is -2.50. The Morgan fingerprint density at radius 3 is 2.08 bits per heavy atom. The quantitative estimate of drug-likeness (QED) is 0.854. The molecule has 0 aliphatic carbocycles. The smallest absolute Gasteiger partial charge is 0.258 e. The summed E-state index contributed by atoms with van der Waals surface area (Å²) in [4.78, 5) is 27.5. The molecule has 6 heteroatoms. The molecule has 0 saturated heterocycles. The Balaban J connectivity index is 2.85. The van der Waals surface area contributed by atoms with Crippen LogP contribution in [0.3, 0.4) is 0 Å². The molecular weight excluding hydrogens is 320 g/mol. The van der Waals surface area contributed by atoms with E-state index in [2.05, 4.69) is 0 Å². The average molecular weight is 346 g/mol. The highest BCUT2D eigenvalue weighted by atomic mass is 16.5. The molecule has 0 fully saturated rings. The van der Waals surface area contributed by atoms with Gasteiger partial charge in [-0.05, 0) is 39.8 Å². The molecule has 0 spiro atoms. The van der Waals surface area contributed by atoms with Crippen LogP contribution in [0, 0.1) is 0 Å². The number of ether oxygens (including phenoxy) is 2. The summed E-state index contributed by atoms with van der Waals surface area (Å²) in [7, 11) is 4.81. The van der Waals surface area contributed by atoms with Gasteiger partial charge in [0.25, 0.3) is 11.5 Å². The second-order valence-corrected chi connectivity index (χ2v) is 6.92. The summed E-state index contributed by atoms with van der Waals surface area (Å²) in [6.07, 6.45) is 1.63. The molecule has 1 aromatic carbocycles. The predicted molar refractivity (Wildman–Crippen MR) is 98.8 cm³/mol. The number of methoxy groups -OCH3 is 2. The van der Waals surface area contributed by atoms with E-state index in [1.165, 1.54) is 18.8 Å². The topological polar surface area (TPSA) is 60.8 Å². The number of carbonyl (C=O) groups excluding carboxylic acids is 1. The number of fused-ring (bicyclic) bond motifs is 1. The minimum Gasteiger partial charge on any atom is -0.493 e. The number of nitrogens with zero attached hydrogens (tertiary/aromatic N) is 2. The van der Waals surface area contributed by atoms with Crippen molar-refractivity contribution in [3.05, 3.63) is 34.2 Å². The summed E-state index contributed by atoms with van der Waals surface area (Å²) in [5, 5.41) is 1.00. The number of rotatable bonds is 4. The van der Waals surface area contributed by atoms with E-state index in [1.54, 1.807) is 30.3 Å². The van der Waals surface area contributed by atoms with Crippen LogP contribution in [0.15, 0.2) is 23.1 Å². The van der Waals surface area contributed by atoms with E-state index < -0.39 is 0 Å². The first-order chi connectivity index (χ1) is 11.6. The van der Waals surface area contributed by atoms with Gasteiger partial charge in [-0.1, -0.05) is 0 Å². The molecule has 6 nitrogen and oxygen atoms in total. The first-order valence-electron chi connectivity index (χ1n) is 8.23. The molecule has 2 rings (SSSR count). The Kier molecular flexibility index (Phi) is 5.11. The Labute approximate surface area is 148 Å². The van der Waals surface area contributed by atoms with E-state index >= 15 is 0 Å². The maximum absolute atomic E-state index is 13.1. The monoisotopic (exact) mass is 346 g/mol. The van der Waals surface area contributed by atoms with E-state index in [9.17, 15) is 9.59 Å². The maximum atomic E-state index is 13.1. The number of hydrogen-bond acceptors (Lipinski definition) is 4. The second-order valence-electron chi connectivity index (χ2n) is 6.92. The number of aromatic nitrogens is 1. The lowest BCUT2D eigenvalue weighted by molar-refractivity contribution is 0.0657. The molecule has 0 unspecified atom stereocenters. The van der Waals surface area contributed by atoms with Crippen LogP contribution >= 0.6 is 0 Å². The van der Waals surface area contributed by atoms with Crippen LogP contribution in [-0.4, -0.2) is 42.2 Å². The van der Waals surface area contributed by atoms with Crippen molar-refractivity contribution in [2.24, 2.45) is 0 Å². The average Bonchev–Trinajstić information content (AvgIpc) is 2.59. The van der Waals surface area contributed by atoms with Crippen LogP contribution in [0.1, 0.15) is 38.1 Å². The van der Waals surface area contributed by atoms with Crippen molar-refractivity contribution in [1.82, 2.24) is 9.47 Å². The Morgan fingerprint density at radius 1 is 1.12 bits per heavy atom. The van der Waals surface area contributed by atoms with Crippen LogP contribution < -0.4 is 15.0 Å².